The third-order valence-electron chi connectivity index (χ3n) is 2.71. The Bertz CT molecular complexity index is 667. The first kappa shape index (κ1) is 13.5. The lowest BCUT2D eigenvalue weighted by Gasteiger charge is -2.10. The van der Waals surface area contributed by atoms with E-state index in [4.69, 9.17) is 5.84 Å². The average molecular weight is 322 g/mol. The minimum Gasteiger partial charge on any atom is -0.310 e. The fourth-order valence-electron chi connectivity index (χ4n) is 1.77. The maximum Gasteiger partial charge on any atom is 0.265 e. The van der Waals surface area contributed by atoms with Gasteiger partial charge in [-0.2, -0.15) is 0 Å². The van der Waals surface area contributed by atoms with Gasteiger partial charge in [-0.15, -0.1) is 0 Å². The molecule has 0 spiro atoms. The molecule has 0 unspecified atom stereocenters. The Morgan fingerprint density at radius 3 is 2.74 bits per heavy atom. The maximum atomic E-state index is 11.9. The molecule has 5 nitrogen and oxygen atoms in total. The van der Waals surface area contributed by atoms with E-state index in [-0.39, 0.29) is 11.5 Å². The highest BCUT2D eigenvalue weighted by molar-refractivity contribution is 9.10. The molecule has 1 aromatic heterocycles. The van der Waals surface area contributed by atoms with Crippen LogP contribution in [0.25, 0.3) is 0 Å². The van der Waals surface area contributed by atoms with Crippen molar-refractivity contribution in [1.82, 2.24) is 9.99 Å². The predicted octanol–water partition coefficient (Wildman–Crippen LogP) is 1.26. The Kier molecular flexibility index (Phi) is 4.13. The largest absolute Gasteiger partial charge is 0.310 e. The minimum absolute atomic E-state index is 0.148. The zero-order valence-electron chi connectivity index (χ0n) is 9.97. The summed E-state index contributed by atoms with van der Waals surface area (Å²) in [6.07, 6.45) is 1.67. The molecule has 3 N–H and O–H groups in total. The molecule has 19 heavy (non-hydrogen) atoms. The van der Waals surface area contributed by atoms with Crippen LogP contribution in [-0.4, -0.2) is 10.5 Å². The molecule has 0 saturated carbocycles. The summed E-state index contributed by atoms with van der Waals surface area (Å²) in [5.41, 5.74) is 3.13. The molecule has 0 aliphatic rings. The minimum atomic E-state index is -0.376. The molecule has 0 atom stereocenters. The van der Waals surface area contributed by atoms with E-state index in [9.17, 15) is 9.59 Å². The smallest absolute Gasteiger partial charge is 0.265 e. The van der Waals surface area contributed by atoms with Crippen molar-refractivity contribution < 1.29 is 4.79 Å². The number of carbonyl (C=O) groups excluding carboxylic acids is 1. The van der Waals surface area contributed by atoms with Crippen LogP contribution in [0.4, 0.5) is 0 Å². The molecule has 2 aromatic rings. The van der Waals surface area contributed by atoms with Gasteiger partial charge in [0.05, 0.1) is 11.0 Å². The van der Waals surface area contributed by atoms with Crippen molar-refractivity contribution >= 4 is 21.8 Å². The number of pyridine rings is 1. The van der Waals surface area contributed by atoms with Gasteiger partial charge in [0.2, 0.25) is 0 Å². The van der Waals surface area contributed by atoms with Gasteiger partial charge >= 0.3 is 0 Å². The number of nitrogens with one attached hydrogen (secondary N) is 1. The predicted molar refractivity (Wildman–Crippen MR) is 75.6 cm³/mol. The van der Waals surface area contributed by atoms with Gasteiger partial charge in [-0.1, -0.05) is 18.2 Å². The molecule has 2 rings (SSSR count). The monoisotopic (exact) mass is 321 g/mol. The van der Waals surface area contributed by atoms with Crippen molar-refractivity contribution in [2.75, 3.05) is 0 Å². The van der Waals surface area contributed by atoms with Gasteiger partial charge in [-0.25, -0.2) is 5.84 Å². The maximum absolute atomic E-state index is 11.9. The van der Waals surface area contributed by atoms with Crippen molar-refractivity contribution in [1.29, 1.82) is 0 Å². The van der Waals surface area contributed by atoms with Gasteiger partial charge in [-0.05, 0) is 39.7 Å². The number of carbonyl (C=O) groups is 1. The first-order valence-corrected chi connectivity index (χ1v) is 6.36. The molecule has 0 aliphatic carbocycles. The van der Waals surface area contributed by atoms with Gasteiger partial charge in [0.25, 0.3) is 11.5 Å². The third kappa shape index (κ3) is 2.91. The lowest BCUT2D eigenvalue weighted by Crippen LogP contribution is -2.31. The van der Waals surface area contributed by atoms with Crippen LogP contribution < -0.4 is 16.8 Å². The van der Waals surface area contributed by atoms with E-state index in [0.717, 1.165) is 5.56 Å². The fourth-order valence-corrected chi connectivity index (χ4v) is 2.15. The lowest BCUT2D eigenvalue weighted by atomic mass is 10.1. The van der Waals surface area contributed by atoms with E-state index >= 15 is 0 Å². The Morgan fingerprint density at radius 1 is 1.26 bits per heavy atom. The van der Waals surface area contributed by atoms with E-state index < -0.39 is 0 Å². The van der Waals surface area contributed by atoms with Crippen LogP contribution in [0.15, 0.2) is 51.9 Å². The van der Waals surface area contributed by atoms with Crippen molar-refractivity contribution in [2.45, 2.75) is 6.54 Å². The number of nitrogens with two attached hydrogens (primary N) is 1. The van der Waals surface area contributed by atoms with Crippen LogP contribution in [0, 0.1) is 0 Å². The summed E-state index contributed by atoms with van der Waals surface area (Å²) in [6, 6.07) is 10.5. The van der Waals surface area contributed by atoms with Gasteiger partial charge in [0.1, 0.15) is 0 Å². The highest BCUT2D eigenvalue weighted by atomic mass is 79.9. The van der Waals surface area contributed by atoms with Crippen molar-refractivity contribution in [3.05, 3.63) is 68.5 Å². The summed E-state index contributed by atoms with van der Waals surface area (Å²) in [6.45, 7) is 0.307. The molecule has 98 valence electrons. The Hall–Kier alpha value is -1.92. The molecule has 0 bridgehead atoms. The van der Waals surface area contributed by atoms with E-state index in [1.807, 2.05) is 6.07 Å². The summed E-state index contributed by atoms with van der Waals surface area (Å²) < 4.78 is 2.00. The summed E-state index contributed by atoms with van der Waals surface area (Å²) in [4.78, 5) is 23.6. The fraction of sp³-hybridized carbons (Fsp3) is 0.0769. The second kappa shape index (κ2) is 5.81. The van der Waals surface area contributed by atoms with E-state index in [1.54, 1.807) is 36.5 Å². The van der Waals surface area contributed by atoms with Crippen molar-refractivity contribution in [3.63, 3.8) is 0 Å². The number of benzene rings is 1. The molecular formula is C13H12BrN3O2. The number of halogens is 1. The summed E-state index contributed by atoms with van der Waals surface area (Å²) in [5.74, 6) is 4.77. The highest BCUT2D eigenvalue weighted by Crippen LogP contribution is 2.10. The second-order valence-corrected chi connectivity index (χ2v) is 4.77. The molecular weight excluding hydrogens is 310 g/mol. The average Bonchev–Trinajstić information content (AvgIpc) is 2.43. The normalized spacial score (nSPS) is 10.2. The zero-order chi connectivity index (χ0) is 13.8. The van der Waals surface area contributed by atoms with Gasteiger partial charge in [-0.3, -0.25) is 15.0 Å². The second-order valence-electron chi connectivity index (χ2n) is 3.92. The number of rotatable bonds is 3. The quantitative estimate of drug-likeness (QED) is 0.507. The van der Waals surface area contributed by atoms with Crippen LogP contribution in [0.1, 0.15) is 15.9 Å². The number of aromatic nitrogens is 1. The van der Waals surface area contributed by atoms with Crippen LogP contribution in [-0.2, 0) is 6.54 Å². The number of hydrogen-bond donors (Lipinski definition) is 2. The molecule has 0 fully saturated rings. The topological polar surface area (TPSA) is 77.1 Å². The first-order chi connectivity index (χ1) is 9.13. The SMILES string of the molecule is NNC(=O)c1ccccc1Cn1cccc(Br)c1=O. The zero-order valence-corrected chi connectivity index (χ0v) is 11.6. The molecule has 0 radical (unpaired) electrons. The van der Waals surface area contributed by atoms with Gasteiger partial charge < -0.3 is 4.57 Å². The Balaban J connectivity index is 2.41. The van der Waals surface area contributed by atoms with Gasteiger partial charge in [0, 0.05) is 11.8 Å². The number of amides is 1. The first-order valence-electron chi connectivity index (χ1n) is 5.57. The van der Waals surface area contributed by atoms with Crippen LogP contribution in [0.2, 0.25) is 0 Å². The van der Waals surface area contributed by atoms with Crippen molar-refractivity contribution in [3.8, 4) is 0 Å². The van der Waals surface area contributed by atoms with Crippen LogP contribution in [0.3, 0.4) is 0 Å². The molecule has 1 aromatic carbocycles. The number of nitrogen functional groups attached to an aromatic ring is 1. The molecule has 0 aliphatic heterocycles. The van der Waals surface area contributed by atoms with Gasteiger partial charge in [0.15, 0.2) is 0 Å². The molecule has 0 saturated heterocycles. The molecule has 6 heteroatoms. The lowest BCUT2D eigenvalue weighted by molar-refractivity contribution is 0.0952. The molecule has 1 heterocycles. The van der Waals surface area contributed by atoms with E-state index in [0.29, 0.717) is 16.6 Å². The van der Waals surface area contributed by atoms with Crippen LogP contribution in [0.5, 0.6) is 0 Å². The summed E-state index contributed by atoms with van der Waals surface area (Å²) in [7, 11) is 0. The van der Waals surface area contributed by atoms with Crippen molar-refractivity contribution in [2.24, 2.45) is 5.84 Å². The van der Waals surface area contributed by atoms with E-state index in [1.165, 1.54) is 4.57 Å². The van der Waals surface area contributed by atoms with E-state index in [2.05, 4.69) is 21.4 Å². The number of nitrogens with zero attached hydrogens (tertiary/aromatic N) is 1. The molecule has 1 amide bonds. The summed E-state index contributed by atoms with van der Waals surface area (Å²) >= 11 is 3.19. The summed E-state index contributed by atoms with van der Waals surface area (Å²) in [5, 5.41) is 0. The number of hydrogen-bond acceptors (Lipinski definition) is 3. The van der Waals surface area contributed by atoms with Crippen LogP contribution >= 0.6 is 15.9 Å². The standard InChI is InChI=1S/C13H12BrN3O2/c14-11-6-3-7-17(13(11)19)8-9-4-1-2-5-10(9)12(18)16-15/h1-7H,8,15H2,(H,16,18). The Labute approximate surface area is 118 Å². The number of hydrazine groups is 1. The Morgan fingerprint density at radius 2 is 2.00 bits per heavy atom. The highest BCUT2D eigenvalue weighted by Gasteiger charge is 2.10. The third-order valence-corrected chi connectivity index (χ3v) is 3.31.